The SMILES string of the molecule is COC[C@@](C)(CC(=O)OC)NC(=O)Nc1ccc(CC(=O)N(C)c2ccccc2)cc1. The van der Waals surface area contributed by atoms with Crippen LogP contribution in [0, 0.1) is 0 Å². The molecule has 2 aromatic carbocycles. The highest BCUT2D eigenvalue weighted by atomic mass is 16.5. The van der Waals surface area contributed by atoms with Gasteiger partial charge in [-0.2, -0.15) is 0 Å². The number of likely N-dealkylation sites (N-methyl/N-ethyl adjacent to an activating group) is 1. The van der Waals surface area contributed by atoms with Crippen LogP contribution in [-0.2, 0) is 25.5 Å². The van der Waals surface area contributed by atoms with Crippen LogP contribution in [-0.4, -0.2) is 51.3 Å². The van der Waals surface area contributed by atoms with Gasteiger partial charge in [-0.1, -0.05) is 30.3 Å². The van der Waals surface area contributed by atoms with Crippen molar-refractivity contribution < 1.29 is 23.9 Å². The first-order chi connectivity index (χ1) is 14.8. The number of carbonyl (C=O) groups is 3. The number of methoxy groups -OCH3 is 2. The van der Waals surface area contributed by atoms with Gasteiger partial charge in [0.05, 0.1) is 32.1 Å². The summed E-state index contributed by atoms with van der Waals surface area (Å²) in [6.07, 6.45) is 0.212. The Morgan fingerprint density at radius 1 is 1.00 bits per heavy atom. The van der Waals surface area contributed by atoms with Gasteiger partial charge in [0.15, 0.2) is 0 Å². The molecule has 8 heteroatoms. The number of rotatable bonds is 9. The fourth-order valence-corrected chi connectivity index (χ4v) is 3.07. The molecule has 0 unspecified atom stereocenters. The molecule has 1 atom stereocenters. The maximum absolute atomic E-state index is 12.5. The standard InChI is InChI=1S/C23H29N3O5/c1-23(16-30-3,15-21(28)31-4)25-22(29)24-18-12-10-17(11-13-18)14-20(27)26(2)19-8-6-5-7-9-19/h5-13H,14-16H2,1-4H3,(H2,24,25,29)/t23-/m1/s1. The van der Waals surface area contributed by atoms with Crippen molar-refractivity contribution in [3.63, 3.8) is 0 Å². The number of carbonyl (C=O) groups excluding carboxylic acids is 3. The Balaban J connectivity index is 1.94. The zero-order chi connectivity index (χ0) is 22.9. The first-order valence-electron chi connectivity index (χ1n) is 9.82. The van der Waals surface area contributed by atoms with E-state index in [1.807, 2.05) is 30.3 Å². The molecule has 0 radical (unpaired) electrons. The molecule has 0 spiro atoms. The van der Waals surface area contributed by atoms with Crippen LogP contribution >= 0.6 is 0 Å². The third-order valence-electron chi connectivity index (χ3n) is 4.73. The lowest BCUT2D eigenvalue weighted by Crippen LogP contribution is -2.52. The molecule has 0 heterocycles. The van der Waals surface area contributed by atoms with Crippen LogP contribution in [0.3, 0.4) is 0 Å². The van der Waals surface area contributed by atoms with Gasteiger partial charge < -0.3 is 25.0 Å². The topological polar surface area (TPSA) is 97.0 Å². The molecule has 2 aromatic rings. The molecular weight excluding hydrogens is 398 g/mol. The fraction of sp³-hybridized carbons (Fsp3) is 0.348. The number of ether oxygens (including phenoxy) is 2. The summed E-state index contributed by atoms with van der Waals surface area (Å²) in [5.41, 5.74) is 1.30. The van der Waals surface area contributed by atoms with Crippen LogP contribution in [0.15, 0.2) is 54.6 Å². The summed E-state index contributed by atoms with van der Waals surface area (Å²) in [5.74, 6) is -0.489. The minimum atomic E-state index is -0.916. The minimum absolute atomic E-state index is 0.0270. The van der Waals surface area contributed by atoms with Gasteiger partial charge in [0, 0.05) is 25.5 Å². The van der Waals surface area contributed by atoms with Crippen molar-refractivity contribution in [2.45, 2.75) is 25.3 Å². The number of amides is 3. The number of esters is 1. The van der Waals surface area contributed by atoms with Gasteiger partial charge in [-0.05, 0) is 36.8 Å². The first kappa shape index (κ1) is 23.9. The lowest BCUT2D eigenvalue weighted by molar-refractivity contribution is -0.142. The first-order valence-corrected chi connectivity index (χ1v) is 9.82. The number of nitrogens with zero attached hydrogens (tertiary/aromatic N) is 1. The summed E-state index contributed by atoms with van der Waals surface area (Å²) < 4.78 is 9.81. The molecule has 3 amide bonds. The third kappa shape index (κ3) is 7.42. The molecule has 0 saturated heterocycles. The average Bonchev–Trinajstić information content (AvgIpc) is 2.74. The van der Waals surface area contributed by atoms with Crippen molar-refractivity contribution in [3.8, 4) is 0 Å². The number of benzene rings is 2. The normalized spacial score (nSPS) is 12.4. The second-order valence-electron chi connectivity index (χ2n) is 7.49. The smallest absolute Gasteiger partial charge is 0.319 e. The van der Waals surface area contributed by atoms with E-state index in [4.69, 9.17) is 4.74 Å². The van der Waals surface area contributed by atoms with Crippen molar-refractivity contribution in [1.82, 2.24) is 5.32 Å². The van der Waals surface area contributed by atoms with E-state index in [0.717, 1.165) is 11.3 Å². The zero-order valence-corrected chi connectivity index (χ0v) is 18.3. The van der Waals surface area contributed by atoms with Gasteiger partial charge in [0.2, 0.25) is 5.91 Å². The Kier molecular flexibility index (Phi) is 8.57. The van der Waals surface area contributed by atoms with E-state index in [0.29, 0.717) is 5.69 Å². The second kappa shape index (κ2) is 11.1. The van der Waals surface area contributed by atoms with Gasteiger partial charge in [-0.3, -0.25) is 9.59 Å². The van der Waals surface area contributed by atoms with Crippen molar-refractivity contribution in [2.24, 2.45) is 0 Å². The lowest BCUT2D eigenvalue weighted by Gasteiger charge is -2.29. The summed E-state index contributed by atoms with van der Waals surface area (Å²) in [4.78, 5) is 38.1. The van der Waals surface area contributed by atoms with Crippen LogP contribution in [0.2, 0.25) is 0 Å². The molecule has 166 valence electrons. The van der Waals surface area contributed by atoms with E-state index in [9.17, 15) is 14.4 Å². The van der Waals surface area contributed by atoms with Gasteiger partial charge in [-0.25, -0.2) is 4.79 Å². The zero-order valence-electron chi connectivity index (χ0n) is 18.3. The Morgan fingerprint density at radius 2 is 1.65 bits per heavy atom. The molecule has 0 aromatic heterocycles. The Labute approximate surface area is 182 Å². The highest BCUT2D eigenvalue weighted by Gasteiger charge is 2.30. The van der Waals surface area contributed by atoms with Crippen molar-refractivity contribution >= 4 is 29.3 Å². The van der Waals surface area contributed by atoms with Crippen LogP contribution in [0.5, 0.6) is 0 Å². The highest BCUT2D eigenvalue weighted by molar-refractivity contribution is 5.94. The number of nitrogens with one attached hydrogen (secondary N) is 2. The highest BCUT2D eigenvalue weighted by Crippen LogP contribution is 2.16. The summed E-state index contributed by atoms with van der Waals surface area (Å²) in [7, 11) is 4.52. The van der Waals surface area contributed by atoms with Crippen molar-refractivity contribution in [1.29, 1.82) is 0 Å². The number of hydrogen-bond donors (Lipinski definition) is 2. The number of hydrogen-bond acceptors (Lipinski definition) is 5. The molecule has 0 bridgehead atoms. The summed E-state index contributed by atoms with van der Waals surface area (Å²) >= 11 is 0. The molecule has 2 rings (SSSR count). The lowest BCUT2D eigenvalue weighted by atomic mass is 9.99. The summed E-state index contributed by atoms with van der Waals surface area (Å²) in [6.45, 7) is 1.84. The van der Waals surface area contributed by atoms with Gasteiger partial charge in [0.1, 0.15) is 0 Å². The molecule has 0 aliphatic rings. The monoisotopic (exact) mass is 427 g/mol. The van der Waals surface area contributed by atoms with Crippen LogP contribution < -0.4 is 15.5 Å². The molecule has 2 N–H and O–H groups in total. The predicted octanol–water partition coefficient (Wildman–Crippen LogP) is 2.98. The predicted molar refractivity (Wildman–Crippen MR) is 119 cm³/mol. The molecule has 0 aliphatic carbocycles. The summed E-state index contributed by atoms with van der Waals surface area (Å²) in [5, 5.41) is 5.47. The fourth-order valence-electron chi connectivity index (χ4n) is 3.07. The molecule has 0 saturated carbocycles. The summed E-state index contributed by atoms with van der Waals surface area (Å²) in [6, 6.07) is 16.0. The van der Waals surface area contributed by atoms with Gasteiger partial charge in [0.25, 0.3) is 0 Å². The van der Waals surface area contributed by atoms with E-state index >= 15 is 0 Å². The van der Waals surface area contributed by atoms with E-state index < -0.39 is 17.5 Å². The second-order valence-corrected chi connectivity index (χ2v) is 7.49. The minimum Gasteiger partial charge on any atom is -0.469 e. The maximum atomic E-state index is 12.5. The molecule has 0 aliphatic heterocycles. The third-order valence-corrected chi connectivity index (χ3v) is 4.73. The molecule has 8 nitrogen and oxygen atoms in total. The van der Waals surface area contributed by atoms with Crippen LogP contribution in [0.4, 0.5) is 16.2 Å². The Hall–Kier alpha value is -3.39. The van der Waals surface area contributed by atoms with E-state index in [1.54, 1.807) is 43.1 Å². The number of anilines is 2. The van der Waals surface area contributed by atoms with E-state index in [2.05, 4.69) is 15.4 Å². The Morgan fingerprint density at radius 3 is 2.23 bits per heavy atom. The molecule has 0 fully saturated rings. The quantitative estimate of drug-likeness (QED) is 0.600. The van der Waals surface area contributed by atoms with Crippen LogP contribution in [0.1, 0.15) is 18.9 Å². The van der Waals surface area contributed by atoms with Gasteiger partial charge in [-0.15, -0.1) is 0 Å². The van der Waals surface area contributed by atoms with E-state index in [1.165, 1.54) is 14.2 Å². The largest absolute Gasteiger partial charge is 0.469 e. The van der Waals surface area contributed by atoms with E-state index in [-0.39, 0.29) is 25.4 Å². The number of para-hydroxylation sites is 1. The Bertz CT molecular complexity index is 886. The molecular formula is C23H29N3O5. The van der Waals surface area contributed by atoms with Crippen molar-refractivity contribution in [3.05, 3.63) is 60.2 Å². The van der Waals surface area contributed by atoms with Crippen LogP contribution in [0.25, 0.3) is 0 Å². The maximum Gasteiger partial charge on any atom is 0.319 e. The number of urea groups is 1. The van der Waals surface area contributed by atoms with Crippen molar-refractivity contribution in [2.75, 3.05) is 38.1 Å². The average molecular weight is 428 g/mol. The van der Waals surface area contributed by atoms with Gasteiger partial charge >= 0.3 is 12.0 Å². The molecule has 31 heavy (non-hydrogen) atoms.